The molecule has 3 aromatic rings. The number of aromatic nitrogens is 3. The van der Waals surface area contributed by atoms with E-state index in [1.807, 2.05) is 127 Å². The van der Waals surface area contributed by atoms with E-state index >= 15 is 0 Å². The molecule has 0 aliphatic rings. The number of nitrogens with zero attached hydrogens (tertiary/aromatic N) is 4. The van der Waals surface area contributed by atoms with Crippen molar-refractivity contribution in [2.24, 2.45) is 21.1 Å². The zero-order chi connectivity index (χ0) is 27.0. The first kappa shape index (κ1) is 42.5. The van der Waals surface area contributed by atoms with E-state index in [1.165, 1.54) is 6.92 Å². The molecular formula is C28H51N5O3+2. The van der Waals surface area contributed by atoms with Crippen molar-refractivity contribution in [1.29, 1.82) is 5.41 Å². The van der Waals surface area contributed by atoms with Crippen molar-refractivity contribution in [3.05, 3.63) is 91.8 Å². The molecule has 8 nitrogen and oxygen atoms in total. The molecule has 0 aliphatic carbocycles. The first-order valence-electron chi connectivity index (χ1n) is 10.5. The molecule has 0 aliphatic heterocycles. The van der Waals surface area contributed by atoms with E-state index in [4.69, 9.17) is 20.4 Å². The van der Waals surface area contributed by atoms with Gasteiger partial charge in [-0.2, -0.15) is 0 Å². The second kappa shape index (κ2) is 27.6. The fraction of sp³-hybridized carbons (Fsp3) is 0.393. The fourth-order valence-electron chi connectivity index (χ4n) is 1.45. The van der Waals surface area contributed by atoms with Crippen LogP contribution in [0.4, 0.5) is 0 Å². The smallest absolute Gasteiger partial charge is 0.168 e. The van der Waals surface area contributed by atoms with Gasteiger partial charge < -0.3 is 24.9 Å². The second-order valence-corrected chi connectivity index (χ2v) is 8.35. The number of carboxylic acids is 1. The van der Waals surface area contributed by atoms with Gasteiger partial charge in [0.2, 0.25) is 0 Å². The predicted molar refractivity (Wildman–Crippen MR) is 144 cm³/mol. The Hall–Kier alpha value is -3.65. The van der Waals surface area contributed by atoms with Crippen LogP contribution in [-0.2, 0) is 25.9 Å². The summed E-state index contributed by atoms with van der Waals surface area (Å²) < 4.78 is 7.00. The number of carbonyl (C=O) groups excluding carboxylic acids is 1. The van der Waals surface area contributed by atoms with Gasteiger partial charge in [-0.15, -0.1) is 0 Å². The van der Waals surface area contributed by atoms with Gasteiger partial charge in [-0.25, -0.2) is 13.7 Å². The number of rotatable bonds is 0. The summed E-state index contributed by atoms with van der Waals surface area (Å²) in [5.41, 5.74) is 0. The van der Waals surface area contributed by atoms with E-state index in [0.717, 1.165) is 11.4 Å². The standard InChI is InChI=1S/3C6H8N.C4H12N.C2H5NO.C2H4O2.2CH4/c3*1-7-5-3-2-4-6-7;1-5(2,3)4;2*1-2(3)4;;/h3*2-6H,1H3;1-4H3;1H3,(H2,3,4);1H3,(H,3,4);2*1H4/q4*+1;;;;/p-2. The van der Waals surface area contributed by atoms with Crippen molar-refractivity contribution < 1.29 is 33.2 Å². The average molecular weight is 506 g/mol. The molecule has 0 radical (unpaired) electrons. The van der Waals surface area contributed by atoms with E-state index in [2.05, 4.69) is 28.2 Å². The van der Waals surface area contributed by atoms with Gasteiger partial charge in [-0.1, -0.05) is 33.1 Å². The lowest BCUT2D eigenvalue weighted by molar-refractivity contribution is -0.849. The third kappa shape index (κ3) is 63.1. The Labute approximate surface area is 220 Å². The minimum atomic E-state index is -1.08. The van der Waals surface area contributed by atoms with Crippen LogP contribution in [0.15, 0.2) is 91.8 Å². The molecule has 0 fully saturated rings. The van der Waals surface area contributed by atoms with Crippen LogP contribution in [0, 0.1) is 5.41 Å². The van der Waals surface area contributed by atoms with Gasteiger partial charge in [0, 0.05) is 42.4 Å². The quantitative estimate of drug-likeness (QED) is 0.215. The summed E-state index contributed by atoms with van der Waals surface area (Å²) >= 11 is 0. The average Bonchev–Trinajstić information content (AvgIpc) is 2.69. The van der Waals surface area contributed by atoms with Crippen LogP contribution in [0.1, 0.15) is 28.7 Å². The zero-order valence-corrected chi connectivity index (χ0v) is 22.2. The summed E-state index contributed by atoms with van der Waals surface area (Å²) in [6, 6.07) is 18.0. The second-order valence-electron chi connectivity index (χ2n) is 8.35. The SMILES string of the molecule is C.C.CC(=N)[O-].CC(=O)[O-].C[N+](C)(C)C.C[n+]1ccccc1.C[n+]1ccccc1.C[n+]1ccccc1. The molecule has 0 saturated carbocycles. The van der Waals surface area contributed by atoms with Crippen LogP contribution in [0.25, 0.3) is 0 Å². The summed E-state index contributed by atoms with van der Waals surface area (Å²) in [4.78, 5) is 8.89. The molecule has 0 saturated heterocycles. The molecule has 3 rings (SSSR count). The number of quaternary nitrogens is 1. The molecule has 3 aromatic heterocycles. The number of carboxylic acid groups (broad SMARTS) is 1. The Bertz CT molecular complexity index is 739. The van der Waals surface area contributed by atoms with Crippen molar-refractivity contribution in [2.45, 2.75) is 28.7 Å². The van der Waals surface area contributed by atoms with Gasteiger partial charge >= 0.3 is 0 Å². The lowest BCUT2D eigenvalue weighted by Crippen LogP contribution is -2.27. The maximum atomic E-state index is 9.11. The predicted octanol–water partition coefficient (Wildman–Crippen LogP) is 1.23. The Morgan fingerprint density at radius 1 is 0.583 bits per heavy atom. The van der Waals surface area contributed by atoms with Gasteiger partial charge in [0.05, 0.1) is 28.2 Å². The lowest BCUT2D eigenvalue weighted by Gasteiger charge is -2.14. The molecule has 3 heterocycles. The molecule has 0 spiro atoms. The van der Waals surface area contributed by atoms with Crippen molar-refractivity contribution in [1.82, 2.24) is 0 Å². The van der Waals surface area contributed by atoms with Crippen molar-refractivity contribution in [2.75, 3.05) is 28.2 Å². The van der Waals surface area contributed by atoms with Crippen molar-refractivity contribution >= 4 is 11.9 Å². The summed E-state index contributed by atoms with van der Waals surface area (Å²) in [6.07, 6.45) is 12.0. The van der Waals surface area contributed by atoms with Gasteiger partial charge in [0.15, 0.2) is 37.2 Å². The lowest BCUT2D eigenvalue weighted by atomic mass is 10.5. The molecule has 0 amide bonds. The molecule has 0 unspecified atom stereocenters. The fourth-order valence-corrected chi connectivity index (χ4v) is 1.45. The third-order valence-corrected chi connectivity index (χ3v) is 2.59. The Balaban J connectivity index is -0.000000108. The summed E-state index contributed by atoms with van der Waals surface area (Å²) in [6.45, 7) is 2.17. The van der Waals surface area contributed by atoms with Gasteiger partial charge in [0.1, 0.15) is 21.1 Å². The number of aliphatic carboxylic acids is 1. The van der Waals surface area contributed by atoms with E-state index in [-0.39, 0.29) is 14.9 Å². The highest BCUT2D eigenvalue weighted by molar-refractivity contribution is 5.63. The Morgan fingerprint density at radius 2 is 0.694 bits per heavy atom. The summed E-state index contributed by atoms with van der Waals surface area (Å²) in [7, 11) is 14.5. The van der Waals surface area contributed by atoms with E-state index < -0.39 is 11.9 Å². The summed E-state index contributed by atoms with van der Waals surface area (Å²) in [5, 5.41) is 23.9. The number of pyridine rings is 3. The number of aryl methyl sites for hydroxylation is 3. The minimum Gasteiger partial charge on any atom is -0.862 e. The molecule has 8 heteroatoms. The highest BCUT2D eigenvalue weighted by Gasteiger charge is 1.88. The van der Waals surface area contributed by atoms with E-state index in [0.29, 0.717) is 0 Å². The van der Waals surface area contributed by atoms with Gasteiger partial charge in [-0.05, 0) is 19.7 Å². The highest BCUT2D eigenvalue weighted by Crippen LogP contribution is 1.74. The van der Waals surface area contributed by atoms with Crippen LogP contribution < -0.4 is 23.9 Å². The van der Waals surface area contributed by atoms with E-state index in [9.17, 15) is 0 Å². The molecule has 0 aromatic carbocycles. The van der Waals surface area contributed by atoms with Gasteiger partial charge in [0.25, 0.3) is 0 Å². The Kier molecular flexibility index (Phi) is 32.6. The van der Waals surface area contributed by atoms with Crippen LogP contribution >= 0.6 is 0 Å². The summed E-state index contributed by atoms with van der Waals surface area (Å²) in [5.74, 6) is -1.67. The molecule has 1 N–H and O–H groups in total. The maximum absolute atomic E-state index is 9.11. The normalized spacial score (nSPS) is 8.14. The van der Waals surface area contributed by atoms with Gasteiger partial charge in [-0.3, -0.25) is 0 Å². The van der Waals surface area contributed by atoms with Crippen molar-refractivity contribution in [3.8, 4) is 0 Å². The Morgan fingerprint density at radius 3 is 0.750 bits per heavy atom. The van der Waals surface area contributed by atoms with Crippen LogP contribution in [-0.4, -0.2) is 44.5 Å². The van der Waals surface area contributed by atoms with Crippen LogP contribution in [0.5, 0.6) is 0 Å². The highest BCUT2D eigenvalue weighted by atomic mass is 16.4. The maximum Gasteiger partial charge on any atom is 0.168 e. The molecule has 204 valence electrons. The topological polar surface area (TPSA) is 98.7 Å². The molecule has 0 bridgehead atoms. The zero-order valence-electron chi connectivity index (χ0n) is 22.2. The first-order chi connectivity index (χ1) is 15.6. The number of hydrogen-bond donors (Lipinski definition) is 1. The minimum absolute atomic E-state index is 0. The number of nitrogens with one attached hydrogen (secondary N) is 1. The number of hydrogen-bond acceptors (Lipinski definition) is 4. The molecular weight excluding hydrogens is 454 g/mol. The van der Waals surface area contributed by atoms with E-state index in [1.54, 1.807) is 0 Å². The molecule has 36 heavy (non-hydrogen) atoms. The van der Waals surface area contributed by atoms with Crippen molar-refractivity contribution in [3.63, 3.8) is 0 Å². The monoisotopic (exact) mass is 505 g/mol. The largest absolute Gasteiger partial charge is 0.862 e. The number of carbonyl (C=O) groups is 1. The first-order valence-corrected chi connectivity index (χ1v) is 10.5. The third-order valence-electron chi connectivity index (χ3n) is 2.59. The molecule has 0 atom stereocenters. The van der Waals surface area contributed by atoms with Crippen LogP contribution in [0.3, 0.4) is 0 Å². The van der Waals surface area contributed by atoms with Crippen LogP contribution in [0.2, 0.25) is 0 Å².